The summed E-state index contributed by atoms with van der Waals surface area (Å²) >= 11 is 0. The third-order valence-electron chi connectivity index (χ3n) is 3.70. The van der Waals surface area contributed by atoms with Crippen LogP contribution in [-0.2, 0) is 6.54 Å². The highest BCUT2D eigenvalue weighted by Gasteiger charge is 2.06. The van der Waals surface area contributed by atoms with Gasteiger partial charge in [0.15, 0.2) is 5.96 Å². The van der Waals surface area contributed by atoms with Crippen LogP contribution in [0.5, 0.6) is 0 Å². The molecule has 0 saturated heterocycles. The second-order valence-corrected chi connectivity index (χ2v) is 5.68. The molecule has 0 unspecified atom stereocenters. The SMILES string of the molecule is CCCCN(C)C(=NC)NCc1ccc(N(C)C)cc1C. The van der Waals surface area contributed by atoms with Gasteiger partial charge in [0.25, 0.3) is 0 Å². The normalized spacial score (nSPS) is 11.4. The number of hydrogen-bond acceptors (Lipinski definition) is 2. The molecule has 1 rings (SSSR count). The molecule has 1 N–H and O–H groups in total. The van der Waals surface area contributed by atoms with Gasteiger partial charge in [0, 0.05) is 47.0 Å². The highest BCUT2D eigenvalue weighted by Crippen LogP contribution is 2.17. The highest BCUT2D eigenvalue weighted by molar-refractivity contribution is 5.79. The van der Waals surface area contributed by atoms with Crippen LogP contribution in [0.4, 0.5) is 5.69 Å². The Morgan fingerprint density at radius 1 is 1.24 bits per heavy atom. The summed E-state index contributed by atoms with van der Waals surface area (Å²) in [5.74, 6) is 0.958. The third kappa shape index (κ3) is 5.29. The lowest BCUT2D eigenvalue weighted by Crippen LogP contribution is -2.39. The van der Waals surface area contributed by atoms with E-state index in [0.717, 1.165) is 19.0 Å². The maximum absolute atomic E-state index is 4.35. The summed E-state index contributed by atoms with van der Waals surface area (Å²) in [7, 11) is 8.06. The van der Waals surface area contributed by atoms with Crippen LogP contribution in [0.1, 0.15) is 30.9 Å². The standard InChI is InChI=1S/C17H30N4/c1-7-8-11-21(6)17(18-3)19-13-15-9-10-16(20(4)5)12-14(15)2/h9-10,12H,7-8,11,13H2,1-6H3,(H,18,19). The Labute approximate surface area is 129 Å². The van der Waals surface area contributed by atoms with Gasteiger partial charge in [0.2, 0.25) is 0 Å². The first-order valence-electron chi connectivity index (χ1n) is 7.68. The topological polar surface area (TPSA) is 30.9 Å². The summed E-state index contributed by atoms with van der Waals surface area (Å²) in [6.45, 7) is 6.21. The molecule has 0 aliphatic carbocycles. The lowest BCUT2D eigenvalue weighted by molar-refractivity contribution is 0.464. The number of guanidine groups is 1. The summed E-state index contributed by atoms with van der Waals surface area (Å²) in [4.78, 5) is 8.67. The molecule has 0 aliphatic rings. The Bertz CT molecular complexity index is 466. The maximum Gasteiger partial charge on any atom is 0.193 e. The third-order valence-corrected chi connectivity index (χ3v) is 3.70. The van der Waals surface area contributed by atoms with Crippen molar-refractivity contribution < 1.29 is 0 Å². The van der Waals surface area contributed by atoms with Crippen molar-refractivity contribution in [3.8, 4) is 0 Å². The van der Waals surface area contributed by atoms with Gasteiger partial charge in [-0.1, -0.05) is 19.4 Å². The number of benzene rings is 1. The number of unbranched alkanes of at least 4 members (excludes halogenated alkanes) is 1. The molecule has 0 atom stereocenters. The van der Waals surface area contributed by atoms with Crippen LogP contribution in [0.25, 0.3) is 0 Å². The van der Waals surface area contributed by atoms with Gasteiger partial charge in [-0.3, -0.25) is 4.99 Å². The monoisotopic (exact) mass is 290 g/mol. The first-order chi connectivity index (χ1) is 9.99. The Balaban J connectivity index is 2.65. The first kappa shape index (κ1) is 17.3. The quantitative estimate of drug-likeness (QED) is 0.645. The van der Waals surface area contributed by atoms with E-state index in [1.807, 2.05) is 7.05 Å². The van der Waals surface area contributed by atoms with Gasteiger partial charge in [-0.2, -0.15) is 0 Å². The van der Waals surface area contributed by atoms with Gasteiger partial charge < -0.3 is 15.1 Å². The zero-order valence-electron chi connectivity index (χ0n) is 14.4. The second-order valence-electron chi connectivity index (χ2n) is 5.68. The molecule has 0 heterocycles. The van der Waals surface area contributed by atoms with Gasteiger partial charge in [0.1, 0.15) is 0 Å². The first-order valence-corrected chi connectivity index (χ1v) is 7.68. The summed E-state index contributed by atoms with van der Waals surface area (Å²) in [6, 6.07) is 6.57. The molecular formula is C17H30N4. The van der Waals surface area contributed by atoms with E-state index < -0.39 is 0 Å². The van der Waals surface area contributed by atoms with Gasteiger partial charge in [-0.25, -0.2) is 0 Å². The lowest BCUT2D eigenvalue weighted by Gasteiger charge is -2.22. The molecule has 21 heavy (non-hydrogen) atoms. The number of aryl methyl sites for hydroxylation is 1. The zero-order valence-corrected chi connectivity index (χ0v) is 14.4. The molecule has 118 valence electrons. The number of aliphatic imine (C=N–C) groups is 1. The van der Waals surface area contributed by atoms with E-state index in [9.17, 15) is 0 Å². The summed E-state index contributed by atoms with van der Waals surface area (Å²) < 4.78 is 0. The Kier molecular flexibility index (Phi) is 7.06. The predicted molar refractivity (Wildman–Crippen MR) is 93.2 cm³/mol. The summed E-state index contributed by atoms with van der Waals surface area (Å²) in [5, 5.41) is 3.45. The Morgan fingerprint density at radius 3 is 2.48 bits per heavy atom. The van der Waals surface area contributed by atoms with Crippen LogP contribution >= 0.6 is 0 Å². The van der Waals surface area contributed by atoms with Crippen LogP contribution in [-0.4, -0.2) is 45.6 Å². The van der Waals surface area contributed by atoms with Gasteiger partial charge in [-0.05, 0) is 36.6 Å². The molecule has 0 fully saturated rings. The van der Waals surface area contributed by atoms with E-state index in [1.165, 1.54) is 29.7 Å². The van der Waals surface area contributed by atoms with Gasteiger partial charge in [-0.15, -0.1) is 0 Å². The molecule has 0 aliphatic heterocycles. The van der Waals surface area contributed by atoms with Crippen LogP contribution in [0.15, 0.2) is 23.2 Å². The fourth-order valence-corrected chi connectivity index (χ4v) is 2.22. The van der Waals surface area contributed by atoms with Crippen molar-refractivity contribution in [1.29, 1.82) is 0 Å². The molecule has 0 saturated carbocycles. The van der Waals surface area contributed by atoms with Crippen molar-refractivity contribution in [2.24, 2.45) is 4.99 Å². The largest absolute Gasteiger partial charge is 0.378 e. The number of rotatable bonds is 6. The minimum atomic E-state index is 0.808. The molecule has 0 spiro atoms. The minimum absolute atomic E-state index is 0.808. The van der Waals surface area contributed by atoms with Crippen LogP contribution in [0, 0.1) is 6.92 Å². The molecule has 1 aromatic rings. The highest BCUT2D eigenvalue weighted by atomic mass is 15.3. The summed E-state index contributed by atoms with van der Waals surface area (Å²) in [6.07, 6.45) is 2.39. The average molecular weight is 290 g/mol. The van der Waals surface area contributed by atoms with Crippen molar-refractivity contribution >= 4 is 11.6 Å². The van der Waals surface area contributed by atoms with E-state index in [0.29, 0.717) is 0 Å². The second kappa shape index (κ2) is 8.55. The van der Waals surface area contributed by atoms with E-state index in [4.69, 9.17) is 0 Å². The Morgan fingerprint density at radius 2 is 1.95 bits per heavy atom. The van der Waals surface area contributed by atoms with Crippen molar-refractivity contribution in [3.05, 3.63) is 29.3 Å². The predicted octanol–water partition coefficient (Wildman–Crippen LogP) is 2.87. The van der Waals surface area contributed by atoms with Crippen molar-refractivity contribution in [2.45, 2.75) is 33.2 Å². The number of nitrogens with zero attached hydrogens (tertiary/aromatic N) is 3. The molecule has 4 heteroatoms. The fourth-order valence-electron chi connectivity index (χ4n) is 2.22. The van der Waals surface area contributed by atoms with Crippen LogP contribution in [0.3, 0.4) is 0 Å². The van der Waals surface area contributed by atoms with Gasteiger partial charge in [0.05, 0.1) is 0 Å². The van der Waals surface area contributed by atoms with E-state index in [2.05, 4.69) is 73.3 Å². The fraction of sp³-hybridized carbons (Fsp3) is 0.588. The number of hydrogen-bond donors (Lipinski definition) is 1. The molecule has 0 radical (unpaired) electrons. The summed E-state index contributed by atoms with van der Waals surface area (Å²) in [5.41, 5.74) is 3.85. The number of nitrogens with one attached hydrogen (secondary N) is 1. The Hall–Kier alpha value is -1.71. The average Bonchev–Trinajstić information content (AvgIpc) is 2.46. The minimum Gasteiger partial charge on any atom is -0.378 e. The zero-order chi connectivity index (χ0) is 15.8. The molecule has 4 nitrogen and oxygen atoms in total. The molecular weight excluding hydrogens is 260 g/mol. The van der Waals surface area contributed by atoms with Crippen molar-refractivity contribution in [2.75, 3.05) is 39.6 Å². The molecule has 0 aromatic heterocycles. The number of anilines is 1. The molecule has 1 aromatic carbocycles. The smallest absolute Gasteiger partial charge is 0.193 e. The van der Waals surface area contributed by atoms with E-state index in [-0.39, 0.29) is 0 Å². The lowest BCUT2D eigenvalue weighted by atomic mass is 10.1. The molecule has 0 bridgehead atoms. The van der Waals surface area contributed by atoms with E-state index >= 15 is 0 Å². The van der Waals surface area contributed by atoms with Crippen molar-refractivity contribution in [1.82, 2.24) is 10.2 Å². The molecule has 0 amide bonds. The van der Waals surface area contributed by atoms with E-state index in [1.54, 1.807) is 0 Å². The van der Waals surface area contributed by atoms with Crippen LogP contribution in [0.2, 0.25) is 0 Å². The van der Waals surface area contributed by atoms with Crippen LogP contribution < -0.4 is 10.2 Å². The van der Waals surface area contributed by atoms with Crippen molar-refractivity contribution in [3.63, 3.8) is 0 Å². The maximum atomic E-state index is 4.35. The van der Waals surface area contributed by atoms with Gasteiger partial charge >= 0.3 is 0 Å².